The van der Waals surface area contributed by atoms with Crippen molar-refractivity contribution in [3.8, 4) is 5.75 Å². The van der Waals surface area contributed by atoms with Crippen LogP contribution in [0.4, 0.5) is 5.69 Å². The first-order valence-corrected chi connectivity index (χ1v) is 7.21. The van der Waals surface area contributed by atoms with Crippen LogP contribution >= 0.6 is 0 Å². The molecule has 2 aromatic rings. The molecule has 112 valence electrons. The lowest BCUT2D eigenvalue weighted by molar-refractivity contribution is 0.413. The summed E-state index contributed by atoms with van der Waals surface area (Å²) in [5.74, 6) is 0.864. The van der Waals surface area contributed by atoms with Crippen LogP contribution in [-0.2, 0) is 0 Å². The Morgan fingerprint density at radius 2 is 1.71 bits per heavy atom. The fourth-order valence-electron chi connectivity index (χ4n) is 2.81. The van der Waals surface area contributed by atoms with Crippen LogP contribution in [0.3, 0.4) is 0 Å². The summed E-state index contributed by atoms with van der Waals surface area (Å²) in [6.07, 6.45) is 0. The zero-order valence-electron chi connectivity index (χ0n) is 13.3. The van der Waals surface area contributed by atoms with E-state index in [1.54, 1.807) is 7.11 Å². The van der Waals surface area contributed by atoms with Crippen LogP contribution < -0.4 is 15.4 Å². The summed E-state index contributed by atoms with van der Waals surface area (Å²) >= 11 is 0. The van der Waals surface area contributed by atoms with Crippen LogP contribution in [0.25, 0.3) is 0 Å². The Bertz CT molecular complexity index is 590. The van der Waals surface area contributed by atoms with Crippen LogP contribution in [0, 0.1) is 13.8 Å². The average Bonchev–Trinajstić information content (AvgIpc) is 2.46. The van der Waals surface area contributed by atoms with E-state index in [0.29, 0.717) is 6.54 Å². The Labute approximate surface area is 127 Å². The molecule has 0 radical (unpaired) electrons. The summed E-state index contributed by atoms with van der Waals surface area (Å²) < 4.78 is 5.46. The normalized spacial score (nSPS) is 12.0. The van der Waals surface area contributed by atoms with Crippen LogP contribution in [0.15, 0.2) is 42.5 Å². The van der Waals surface area contributed by atoms with Crippen LogP contribution in [-0.4, -0.2) is 20.7 Å². The largest absolute Gasteiger partial charge is 0.495 e. The molecule has 3 heteroatoms. The molecule has 21 heavy (non-hydrogen) atoms. The fourth-order valence-corrected chi connectivity index (χ4v) is 2.81. The van der Waals surface area contributed by atoms with Gasteiger partial charge in [-0.3, -0.25) is 0 Å². The molecule has 0 bridgehead atoms. The minimum Gasteiger partial charge on any atom is -0.495 e. The van der Waals surface area contributed by atoms with Gasteiger partial charge in [-0.1, -0.05) is 41.5 Å². The van der Waals surface area contributed by atoms with Gasteiger partial charge in [0.15, 0.2) is 0 Å². The lowest BCUT2D eigenvalue weighted by Crippen LogP contribution is -2.30. The van der Waals surface area contributed by atoms with E-state index >= 15 is 0 Å². The van der Waals surface area contributed by atoms with Crippen LogP contribution in [0.5, 0.6) is 5.75 Å². The Morgan fingerprint density at radius 3 is 2.29 bits per heavy atom. The number of anilines is 1. The van der Waals surface area contributed by atoms with Gasteiger partial charge in [0.25, 0.3) is 0 Å². The quantitative estimate of drug-likeness (QED) is 0.914. The van der Waals surface area contributed by atoms with E-state index in [-0.39, 0.29) is 6.04 Å². The lowest BCUT2D eigenvalue weighted by Gasteiger charge is -2.31. The molecule has 0 fully saturated rings. The van der Waals surface area contributed by atoms with E-state index in [1.807, 2.05) is 18.2 Å². The number of nitrogens with two attached hydrogens (primary N) is 1. The third kappa shape index (κ3) is 3.37. The van der Waals surface area contributed by atoms with Gasteiger partial charge in [-0.2, -0.15) is 0 Å². The number of aryl methyl sites for hydroxylation is 2. The van der Waals surface area contributed by atoms with Crippen molar-refractivity contribution in [1.29, 1.82) is 0 Å². The average molecular weight is 284 g/mol. The maximum atomic E-state index is 6.05. The number of para-hydroxylation sites is 2. The van der Waals surface area contributed by atoms with E-state index < -0.39 is 0 Å². The molecular weight excluding hydrogens is 260 g/mol. The maximum absolute atomic E-state index is 6.05. The molecule has 0 aromatic heterocycles. The smallest absolute Gasteiger partial charge is 0.142 e. The van der Waals surface area contributed by atoms with E-state index in [4.69, 9.17) is 10.5 Å². The molecule has 0 aliphatic heterocycles. The van der Waals surface area contributed by atoms with Crippen molar-refractivity contribution in [3.05, 3.63) is 59.2 Å². The minimum atomic E-state index is 0.125. The summed E-state index contributed by atoms with van der Waals surface area (Å²) in [6.45, 7) is 4.79. The van der Waals surface area contributed by atoms with Gasteiger partial charge in [0.1, 0.15) is 5.75 Å². The predicted molar refractivity (Wildman–Crippen MR) is 89.1 cm³/mol. The van der Waals surface area contributed by atoms with Crippen molar-refractivity contribution in [2.75, 3.05) is 25.6 Å². The first kappa shape index (κ1) is 15.4. The molecule has 0 heterocycles. The number of nitrogens with zero attached hydrogens (tertiary/aromatic N) is 1. The minimum absolute atomic E-state index is 0.125. The van der Waals surface area contributed by atoms with Gasteiger partial charge in [0.2, 0.25) is 0 Å². The highest BCUT2D eigenvalue weighted by molar-refractivity contribution is 5.59. The molecule has 0 aliphatic rings. The molecule has 3 nitrogen and oxygen atoms in total. The van der Waals surface area contributed by atoms with Crippen molar-refractivity contribution in [2.45, 2.75) is 19.9 Å². The Kier molecular flexibility index (Phi) is 4.86. The lowest BCUT2D eigenvalue weighted by atomic mass is 10.00. The third-order valence-electron chi connectivity index (χ3n) is 3.78. The second-order valence-corrected chi connectivity index (χ2v) is 5.46. The summed E-state index contributed by atoms with van der Waals surface area (Å²) in [7, 11) is 3.76. The highest BCUT2D eigenvalue weighted by Gasteiger charge is 2.19. The zero-order valence-corrected chi connectivity index (χ0v) is 13.3. The molecule has 1 atom stereocenters. The number of methoxy groups -OCH3 is 1. The molecule has 0 amide bonds. The third-order valence-corrected chi connectivity index (χ3v) is 3.78. The summed E-state index contributed by atoms with van der Waals surface area (Å²) in [5.41, 5.74) is 10.9. The maximum Gasteiger partial charge on any atom is 0.142 e. The Balaban J connectivity index is 2.40. The first-order chi connectivity index (χ1) is 10.1. The highest BCUT2D eigenvalue weighted by atomic mass is 16.5. The topological polar surface area (TPSA) is 38.5 Å². The van der Waals surface area contributed by atoms with Gasteiger partial charge in [-0.25, -0.2) is 0 Å². The second-order valence-electron chi connectivity index (χ2n) is 5.46. The summed E-state index contributed by atoms with van der Waals surface area (Å²) in [4.78, 5) is 2.19. The Morgan fingerprint density at radius 1 is 1.10 bits per heavy atom. The number of hydrogen-bond donors (Lipinski definition) is 1. The van der Waals surface area contributed by atoms with Gasteiger partial charge in [0, 0.05) is 13.6 Å². The standard InChI is InChI=1S/C18H24N2O/c1-13-9-14(2)11-15(10-13)17(12-19)20(3)16-7-5-6-8-18(16)21-4/h5-11,17H,12,19H2,1-4H3. The second kappa shape index (κ2) is 6.64. The molecular formula is C18H24N2O. The molecule has 0 saturated heterocycles. The van der Waals surface area contributed by atoms with Crippen LogP contribution in [0.2, 0.25) is 0 Å². The van der Waals surface area contributed by atoms with Crippen LogP contribution in [0.1, 0.15) is 22.7 Å². The molecule has 2 rings (SSSR count). The monoisotopic (exact) mass is 284 g/mol. The summed E-state index contributed by atoms with van der Waals surface area (Å²) in [5, 5.41) is 0. The van der Waals surface area contributed by atoms with Crippen molar-refractivity contribution < 1.29 is 4.74 Å². The van der Waals surface area contributed by atoms with E-state index in [0.717, 1.165) is 11.4 Å². The van der Waals surface area contributed by atoms with Crippen molar-refractivity contribution >= 4 is 5.69 Å². The predicted octanol–water partition coefficient (Wildman–Crippen LogP) is 3.45. The molecule has 1 unspecified atom stereocenters. The fraction of sp³-hybridized carbons (Fsp3) is 0.333. The van der Waals surface area contributed by atoms with Gasteiger partial charge < -0.3 is 15.4 Å². The van der Waals surface area contributed by atoms with Crippen molar-refractivity contribution in [3.63, 3.8) is 0 Å². The molecule has 2 N–H and O–H groups in total. The van der Waals surface area contributed by atoms with E-state index in [2.05, 4.69) is 50.1 Å². The number of benzene rings is 2. The van der Waals surface area contributed by atoms with Gasteiger partial charge >= 0.3 is 0 Å². The number of rotatable bonds is 5. The summed E-state index contributed by atoms with van der Waals surface area (Å²) in [6, 6.07) is 14.7. The molecule has 0 saturated carbocycles. The first-order valence-electron chi connectivity index (χ1n) is 7.21. The molecule has 0 aliphatic carbocycles. The Hall–Kier alpha value is -2.00. The van der Waals surface area contributed by atoms with E-state index in [9.17, 15) is 0 Å². The SMILES string of the molecule is COc1ccccc1N(C)C(CN)c1cc(C)cc(C)c1. The van der Waals surface area contributed by atoms with E-state index in [1.165, 1.54) is 16.7 Å². The zero-order chi connectivity index (χ0) is 15.4. The highest BCUT2D eigenvalue weighted by Crippen LogP contribution is 2.33. The number of likely N-dealkylation sites (N-methyl/N-ethyl adjacent to an activating group) is 1. The molecule has 0 spiro atoms. The number of ether oxygens (including phenoxy) is 1. The van der Waals surface area contributed by atoms with Gasteiger partial charge in [-0.15, -0.1) is 0 Å². The van der Waals surface area contributed by atoms with Gasteiger partial charge in [-0.05, 0) is 31.5 Å². The number of hydrogen-bond acceptors (Lipinski definition) is 3. The van der Waals surface area contributed by atoms with Crippen molar-refractivity contribution in [1.82, 2.24) is 0 Å². The van der Waals surface area contributed by atoms with Gasteiger partial charge in [0.05, 0.1) is 18.8 Å². The van der Waals surface area contributed by atoms with Crippen molar-refractivity contribution in [2.24, 2.45) is 5.73 Å². The molecule has 2 aromatic carbocycles.